The average molecular weight is 247 g/mol. The first-order valence-electron chi connectivity index (χ1n) is 6.74. The van der Waals surface area contributed by atoms with Gasteiger partial charge in [-0.1, -0.05) is 0 Å². The number of hydrogen-bond acceptors (Lipinski definition) is 5. The highest BCUT2D eigenvalue weighted by atomic mass is 15.3. The highest BCUT2D eigenvalue weighted by Crippen LogP contribution is 2.30. The first-order valence-corrected chi connectivity index (χ1v) is 6.74. The predicted molar refractivity (Wildman–Crippen MR) is 73.0 cm³/mol. The minimum absolute atomic E-state index is 0.678. The quantitative estimate of drug-likeness (QED) is 0.850. The molecular formula is C13H21N5. The third-order valence-corrected chi connectivity index (χ3v) is 4.35. The number of nitrogens with one attached hydrogen (secondary N) is 1. The number of anilines is 2. The van der Waals surface area contributed by atoms with Gasteiger partial charge in [-0.3, -0.25) is 9.88 Å². The van der Waals surface area contributed by atoms with E-state index in [0.29, 0.717) is 6.04 Å². The highest BCUT2D eigenvalue weighted by molar-refractivity contribution is 5.44. The molecule has 1 aromatic rings. The first-order chi connectivity index (χ1) is 8.78. The number of hydrogen-bond donors (Lipinski definition) is 1. The maximum Gasteiger partial charge on any atom is 0.149 e. The van der Waals surface area contributed by atoms with Crippen molar-refractivity contribution in [1.29, 1.82) is 0 Å². The number of aromatic nitrogens is 2. The Morgan fingerprint density at radius 2 is 2.06 bits per heavy atom. The monoisotopic (exact) mass is 247 g/mol. The maximum absolute atomic E-state index is 4.60. The fraction of sp³-hybridized carbons (Fsp3) is 0.692. The van der Waals surface area contributed by atoms with Gasteiger partial charge >= 0.3 is 0 Å². The van der Waals surface area contributed by atoms with Gasteiger partial charge in [0.1, 0.15) is 11.6 Å². The van der Waals surface area contributed by atoms with Crippen LogP contribution in [0.4, 0.5) is 11.6 Å². The Bertz CT molecular complexity index is 422. The van der Waals surface area contributed by atoms with Crippen molar-refractivity contribution in [2.45, 2.75) is 31.3 Å². The molecule has 5 nitrogen and oxygen atoms in total. The molecular weight excluding hydrogens is 226 g/mol. The molecule has 2 fully saturated rings. The van der Waals surface area contributed by atoms with Crippen molar-refractivity contribution in [3.8, 4) is 0 Å². The zero-order valence-corrected chi connectivity index (χ0v) is 11.1. The Hall–Kier alpha value is -1.36. The molecule has 2 bridgehead atoms. The van der Waals surface area contributed by atoms with Crippen LogP contribution in [0.15, 0.2) is 12.4 Å². The van der Waals surface area contributed by atoms with Gasteiger partial charge in [-0.15, -0.1) is 0 Å². The summed E-state index contributed by atoms with van der Waals surface area (Å²) in [6, 6.07) is 1.44. The molecule has 5 heteroatoms. The summed E-state index contributed by atoms with van der Waals surface area (Å²) in [5.74, 6) is 1.85. The van der Waals surface area contributed by atoms with Crippen molar-refractivity contribution >= 4 is 11.6 Å². The molecule has 3 heterocycles. The van der Waals surface area contributed by atoms with Crippen LogP contribution < -0.4 is 10.2 Å². The van der Waals surface area contributed by atoms with E-state index < -0.39 is 0 Å². The number of rotatable bonds is 2. The van der Waals surface area contributed by atoms with E-state index in [2.05, 4.69) is 32.1 Å². The van der Waals surface area contributed by atoms with Crippen LogP contribution in [0, 0.1) is 0 Å². The molecule has 2 aliphatic heterocycles. The van der Waals surface area contributed by atoms with E-state index in [1.54, 1.807) is 6.20 Å². The van der Waals surface area contributed by atoms with Gasteiger partial charge in [-0.05, 0) is 26.3 Å². The molecule has 0 saturated carbocycles. The third kappa shape index (κ3) is 2.03. The van der Waals surface area contributed by atoms with Gasteiger partial charge in [0, 0.05) is 32.2 Å². The second-order valence-corrected chi connectivity index (χ2v) is 5.30. The zero-order valence-electron chi connectivity index (χ0n) is 11.1. The smallest absolute Gasteiger partial charge is 0.149 e. The molecule has 1 N–H and O–H groups in total. The number of nitrogens with zero attached hydrogens (tertiary/aromatic N) is 4. The Kier molecular flexibility index (Phi) is 3.07. The lowest BCUT2D eigenvalue weighted by molar-refractivity contribution is 0.254. The summed E-state index contributed by atoms with van der Waals surface area (Å²) in [6.07, 6.45) is 7.55. The largest absolute Gasteiger partial charge is 0.372 e. The van der Waals surface area contributed by atoms with Gasteiger partial charge in [0.15, 0.2) is 0 Å². The fourth-order valence-corrected chi connectivity index (χ4v) is 3.15. The van der Waals surface area contributed by atoms with Crippen molar-refractivity contribution in [3.63, 3.8) is 0 Å². The van der Waals surface area contributed by atoms with Crippen LogP contribution in [0.2, 0.25) is 0 Å². The lowest BCUT2D eigenvalue weighted by atomic mass is 10.1. The second-order valence-electron chi connectivity index (χ2n) is 5.30. The van der Waals surface area contributed by atoms with Crippen LogP contribution in [0.1, 0.15) is 19.3 Å². The Morgan fingerprint density at radius 1 is 1.22 bits per heavy atom. The molecule has 98 valence electrons. The topological polar surface area (TPSA) is 44.3 Å². The summed E-state index contributed by atoms with van der Waals surface area (Å²) >= 11 is 0. The molecule has 0 radical (unpaired) electrons. The normalized spacial score (nSPS) is 28.2. The van der Waals surface area contributed by atoms with Crippen LogP contribution >= 0.6 is 0 Å². The summed E-state index contributed by atoms with van der Waals surface area (Å²) in [6.45, 7) is 2.17. The van der Waals surface area contributed by atoms with E-state index >= 15 is 0 Å². The Morgan fingerprint density at radius 3 is 2.89 bits per heavy atom. The second kappa shape index (κ2) is 4.72. The van der Waals surface area contributed by atoms with Crippen LogP contribution in [0.3, 0.4) is 0 Å². The van der Waals surface area contributed by atoms with Gasteiger partial charge < -0.3 is 10.2 Å². The minimum Gasteiger partial charge on any atom is -0.372 e. The van der Waals surface area contributed by atoms with Gasteiger partial charge in [-0.25, -0.2) is 4.98 Å². The van der Waals surface area contributed by atoms with Crippen molar-refractivity contribution in [1.82, 2.24) is 14.9 Å². The van der Waals surface area contributed by atoms with Gasteiger partial charge in [0.25, 0.3) is 0 Å². The molecule has 2 aliphatic rings. The van der Waals surface area contributed by atoms with Crippen LogP contribution in [-0.2, 0) is 0 Å². The van der Waals surface area contributed by atoms with Crippen LogP contribution in [0.25, 0.3) is 0 Å². The van der Waals surface area contributed by atoms with E-state index in [1.165, 1.54) is 19.3 Å². The lowest BCUT2D eigenvalue weighted by Crippen LogP contribution is -2.37. The Labute approximate surface area is 108 Å². The summed E-state index contributed by atoms with van der Waals surface area (Å²) in [4.78, 5) is 13.8. The predicted octanol–water partition coefficient (Wildman–Crippen LogP) is 1.19. The Balaban J connectivity index is 1.80. The average Bonchev–Trinajstić information content (AvgIpc) is 2.63. The van der Waals surface area contributed by atoms with Crippen molar-refractivity contribution in [2.24, 2.45) is 0 Å². The van der Waals surface area contributed by atoms with Crippen LogP contribution in [-0.4, -0.2) is 54.1 Å². The highest BCUT2D eigenvalue weighted by Gasteiger charge is 2.34. The van der Waals surface area contributed by atoms with Crippen molar-refractivity contribution < 1.29 is 0 Å². The molecule has 0 spiro atoms. The maximum atomic E-state index is 4.60. The molecule has 18 heavy (non-hydrogen) atoms. The first kappa shape index (κ1) is 11.7. The zero-order chi connectivity index (χ0) is 12.5. The summed E-state index contributed by atoms with van der Waals surface area (Å²) in [5.41, 5.74) is 0. The van der Waals surface area contributed by atoms with Gasteiger partial charge in [0.2, 0.25) is 0 Å². The molecule has 1 aromatic heterocycles. The van der Waals surface area contributed by atoms with E-state index in [9.17, 15) is 0 Å². The van der Waals surface area contributed by atoms with E-state index in [0.717, 1.165) is 30.8 Å². The van der Waals surface area contributed by atoms with E-state index in [1.807, 2.05) is 13.2 Å². The molecule has 2 unspecified atom stereocenters. The lowest BCUT2D eigenvalue weighted by Gasteiger charge is -2.26. The van der Waals surface area contributed by atoms with Crippen molar-refractivity contribution in [3.05, 3.63) is 12.4 Å². The number of fused-ring (bicyclic) bond motifs is 2. The molecule has 0 amide bonds. The van der Waals surface area contributed by atoms with E-state index in [-0.39, 0.29) is 0 Å². The van der Waals surface area contributed by atoms with E-state index in [4.69, 9.17) is 0 Å². The fourth-order valence-electron chi connectivity index (χ4n) is 3.15. The summed E-state index contributed by atoms with van der Waals surface area (Å²) < 4.78 is 0. The third-order valence-electron chi connectivity index (χ3n) is 4.35. The number of likely N-dealkylation sites (N-methyl/N-ethyl adjacent to an activating group) is 1. The molecule has 0 aliphatic carbocycles. The van der Waals surface area contributed by atoms with Gasteiger partial charge in [0.05, 0.1) is 12.4 Å². The molecule has 2 saturated heterocycles. The summed E-state index contributed by atoms with van der Waals surface area (Å²) in [7, 11) is 4.15. The standard InChI is InChI=1S/C13H21N5/c1-14-12-7-15-8-13(16-12)18-6-5-10-3-4-11(9-18)17(10)2/h7-8,10-11H,3-6,9H2,1-2H3,(H,14,16). The molecule has 3 rings (SSSR count). The SMILES string of the molecule is CNc1cncc(N2CCC3CCC(C2)N3C)n1. The molecule has 2 atom stereocenters. The van der Waals surface area contributed by atoms with Gasteiger partial charge in [-0.2, -0.15) is 0 Å². The summed E-state index contributed by atoms with van der Waals surface area (Å²) in [5, 5.41) is 3.05. The van der Waals surface area contributed by atoms with Crippen LogP contribution in [0.5, 0.6) is 0 Å². The minimum atomic E-state index is 0.678. The van der Waals surface area contributed by atoms with Crippen molar-refractivity contribution in [2.75, 3.05) is 37.4 Å². The molecule has 0 aromatic carbocycles.